The van der Waals surface area contributed by atoms with Crippen molar-refractivity contribution < 1.29 is 24.9 Å². The summed E-state index contributed by atoms with van der Waals surface area (Å²) in [7, 11) is 0. The average Bonchev–Trinajstić information content (AvgIpc) is 2.28. The van der Waals surface area contributed by atoms with Crippen molar-refractivity contribution in [1.29, 1.82) is 0 Å². The maximum atomic E-state index is 10.3. The molecular formula is C12H18N2O5. The predicted molar refractivity (Wildman–Crippen MR) is 68.5 cm³/mol. The highest BCUT2D eigenvalue weighted by atomic mass is 16.4. The van der Waals surface area contributed by atoms with E-state index in [4.69, 9.17) is 26.8 Å². The average molecular weight is 270 g/mol. The number of carboxylic acid groups (broad SMARTS) is 2. The zero-order valence-electron chi connectivity index (χ0n) is 10.7. The fraction of sp³-hybridized carbons (Fsp3) is 0.333. The summed E-state index contributed by atoms with van der Waals surface area (Å²) in [6.07, 6.45) is 0. The summed E-state index contributed by atoms with van der Waals surface area (Å²) in [6, 6.07) is 5.02. The molecule has 106 valence electrons. The summed E-state index contributed by atoms with van der Waals surface area (Å²) in [6.45, 7) is 3.50. The topological polar surface area (TPSA) is 147 Å². The second kappa shape index (κ2) is 6.83. The lowest BCUT2D eigenvalue weighted by molar-refractivity contribution is 0.00742. The third-order valence-electron chi connectivity index (χ3n) is 2.30. The van der Waals surface area contributed by atoms with Gasteiger partial charge in [-0.3, -0.25) is 11.5 Å². The highest BCUT2D eigenvalue weighted by molar-refractivity contribution is 5.91. The highest BCUT2D eigenvalue weighted by Gasteiger charge is 2.17. The number of hydrogen-bond acceptors (Lipinski definition) is 5. The smallest absolute Gasteiger partial charge is 0.335 e. The molecule has 0 aliphatic heterocycles. The molecule has 7 heteroatoms. The van der Waals surface area contributed by atoms with Crippen molar-refractivity contribution in [2.24, 2.45) is 17.4 Å². The molecular weight excluding hydrogens is 252 g/mol. The van der Waals surface area contributed by atoms with Gasteiger partial charge in [-0.15, -0.1) is 0 Å². The SMILES string of the molecule is CC(C)C(N)(N)O.O=C(O)c1ccc(C(=O)O)cc1. The predicted octanol–water partition coefficient (Wildman–Crippen LogP) is 0.289. The molecule has 0 saturated heterocycles. The van der Waals surface area contributed by atoms with Crippen LogP contribution in [-0.4, -0.2) is 33.1 Å². The van der Waals surface area contributed by atoms with Crippen molar-refractivity contribution in [2.75, 3.05) is 0 Å². The Balaban J connectivity index is 0.000000399. The van der Waals surface area contributed by atoms with Gasteiger partial charge in [0.05, 0.1) is 11.1 Å². The van der Waals surface area contributed by atoms with Crippen LogP contribution in [0.4, 0.5) is 0 Å². The lowest BCUT2D eigenvalue weighted by Gasteiger charge is -2.20. The standard InChI is InChI=1S/C8H6O4.C4H12N2O/c9-7(10)5-1-2-6(4-3-5)8(11)12;1-3(2)4(5,6)7/h1-4H,(H,9,10)(H,11,12);3,7H,5-6H2,1-2H3. The van der Waals surface area contributed by atoms with Gasteiger partial charge in [0, 0.05) is 5.92 Å². The van der Waals surface area contributed by atoms with Crippen LogP contribution in [0, 0.1) is 5.92 Å². The van der Waals surface area contributed by atoms with Gasteiger partial charge in [-0.1, -0.05) is 13.8 Å². The fourth-order valence-corrected chi connectivity index (χ4v) is 0.755. The molecule has 0 bridgehead atoms. The Labute approximate surface area is 110 Å². The number of rotatable bonds is 3. The van der Waals surface area contributed by atoms with Gasteiger partial charge < -0.3 is 15.3 Å². The Kier molecular flexibility index (Phi) is 6.13. The van der Waals surface area contributed by atoms with Crippen LogP contribution >= 0.6 is 0 Å². The van der Waals surface area contributed by atoms with Crippen LogP contribution in [0.5, 0.6) is 0 Å². The largest absolute Gasteiger partial charge is 0.478 e. The van der Waals surface area contributed by atoms with Crippen LogP contribution in [0.2, 0.25) is 0 Å². The Bertz CT molecular complexity index is 401. The molecule has 0 unspecified atom stereocenters. The summed E-state index contributed by atoms with van der Waals surface area (Å²) in [5.41, 5.74) is 10.2. The van der Waals surface area contributed by atoms with Crippen LogP contribution in [0.15, 0.2) is 24.3 Å². The Hall–Kier alpha value is -1.96. The monoisotopic (exact) mass is 270 g/mol. The fourth-order valence-electron chi connectivity index (χ4n) is 0.755. The van der Waals surface area contributed by atoms with Gasteiger partial charge in [-0.2, -0.15) is 0 Å². The second-order valence-electron chi connectivity index (χ2n) is 4.23. The number of aromatic carboxylic acids is 2. The minimum absolute atomic E-state index is 0.0833. The van der Waals surface area contributed by atoms with Crippen LogP contribution in [0.3, 0.4) is 0 Å². The van der Waals surface area contributed by atoms with E-state index < -0.39 is 17.8 Å². The van der Waals surface area contributed by atoms with E-state index in [1.807, 2.05) is 0 Å². The number of hydrogen-bond donors (Lipinski definition) is 5. The van der Waals surface area contributed by atoms with Gasteiger partial charge in [-0.05, 0) is 24.3 Å². The van der Waals surface area contributed by atoms with E-state index in [0.717, 1.165) is 0 Å². The molecule has 7 N–H and O–H groups in total. The lowest BCUT2D eigenvalue weighted by atomic mass is 10.1. The summed E-state index contributed by atoms with van der Waals surface area (Å²) in [5.74, 6) is -3.72. The number of carboxylic acids is 2. The molecule has 0 aliphatic carbocycles. The van der Waals surface area contributed by atoms with Gasteiger partial charge in [-0.25, -0.2) is 9.59 Å². The Morgan fingerprint density at radius 1 is 1.00 bits per heavy atom. The number of nitrogens with two attached hydrogens (primary N) is 2. The van der Waals surface area contributed by atoms with E-state index >= 15 is 0 Å². The van der Waals surface area contributed by atoms with Crippen LogP contribution in [0.1, 0.15) is 34.6 Å². The van der Waals surface area contributed by atoms with E-state index in [1.54, 1.807) is 13.8 Å². The number of benzene rings is 1. The first kappa shape index (κ1) is 17.0. The molecule has 1 aromatic rings. The lowest BCUT2D eigenvalue weighted by Crippen LogP contribution is -2.53. The third-order valence-corrected chi connectivity index (χ3v) is 2.30. The molecule has 0 atom stereocenters. The normalized spacial score (nSPS) is 10.6. The quantitative estimate of drug-likeness (QED) is 0.496. The number of aliphatic hydroxyl groups is 1. The first-order valence-corrected chi connectivity index (χ1v) is 5.42. The van der Waals surface area contributed by atoms with Crippen molar-refractivity contribution in [2.45, 2.75) is 19.7 Å². The van der Waals surface area contributed by atoms with Gasteiger partial charge in [0.15, 0.2) is 5.85 Å². The maximum Gasteiger partial charge on any atom is 0.335 e. The van der Waals surface area contributed by atoms with E-state index in [9.17, 15) is 9.59 Å². The van der Waals surface area contributed by atoms with Crippen molar-refractivity contribution in [1.82, 2.24) is 0 Å². The Morgan fingerprint density at radius 2 is 1.21 bits per heavy atom. The van der Waals surface area contributed by atoms with Gasteiger partial charge in [0.2, 0.25) is 0 Å². The summed E-state index contributed by atoms with van der Waals surface area (Å²) in [4.78, 5) is 20.7. The molecule has 0 amide bonds. The molecule has 7 nitrogen and oxygen atoms in total. The van der Waals surface area contributed by atoms with E-state index in [-0.39, 0.29) is 17.0 Å². The molecule has 19 heavy (non-hydrogen) atoms. The molecule has 0 aliphatic rings. The molecule has 0 spiro atoms. The minimum atomic E-state index is -1.50. The summed E-state index contributed by atoms with van der Waals surface area (Å²) in [5, 5.41) is 25.6. The first-order chi connectivity index (χ1) is 8.55. The molecule has 0 heterocycles. The van der Waals surface area contributed by atoms with Crippen LogP contribution < -0.4 is 11.5 Å². The minimum Gasteiger partial charge on any atom is -0.478 e. The second-order valence-corrected chi connectivity index (χ2v) is 4.23. The van der Waals surface area contributed by atoms with Gasteiger partial charge in [0.1, 0.15) is 0 Å². The van der Waals surface area contributed by atoms with Crippen molar-refractivity contribution in [3.63, 3.8) is 0 Å². The summed E-state index contributed by atoms with van der Waals surface area (Å²) >= 11 is 0. The van der Waals surface area contributed by atoms with E-state index in [0.29, 0.717) is 0 Å². The molecule has 0 aromatic heterocycles. The van der Waals surface area contributed by atoms with Crippen molar-refractivity contribution >= 4 is 11.9 Å². The molecule has 0 saturated carbocycles. The van der Waals surface area contributed by atoms with Crippen LogP contribution in [-0.2, 0) is 0 Å². The van der Waals surface area contributed by atoms with Crippen molar-refractivity contribution in [3.8, 4) is 0 Å². The molecule has 0 radical (unpaired) electrons. The van der Waals surface area contributed by atoms with E-state index in [1.165, 1.54) is 24.3 Å². The molecule has 1 aromatic carbocycles. The highest BCUT2D eigenvalue weighted by Crippen LogP contribution is 2.03. The third kappa shape index (κ3) is 6.51. The zero-order chi connectivity index (χ0) is 15.2. The van der Waals surface area contributed by atoms with Crippen molar-refractivity contribution in [3.05, 3.63) is 35.4 Å². The van der Waals surface area contributed by atoms with Gasteiger partial charge >= 0.3 is 11.9 Å². The summed E-state index contributed by atoms with van der Waals surface area (Å²) < 4.78 is 0. The first-order valence-electron chi connectivity index (χ1n) is 5.42. The number of carbonyl (C=O) groups is 2. The Morgan fingerprint density at radius 3 is 1.32 bits per heavy atom. The molecule has 0 fully saturated rings. The maximum absolute atomic E-state index is 10.3. The van der Waals surface area contributed by atoms with Gasteiger partial charge in [0.25, 0.3) is 0 Å². The molecule has 1 rings (SSSR count). The zero-order valence-corrected chi connectivity index (χ0v) is 10.7. The van der Waals surface area contributed by atoms with E-state index in [2.05, 4.69) is 0 Å². The van der Waals surface area contributed by atoms with Crippen LogP contribution in [0.25, 0.3) is 0 Å².